The zero-order chi connectivity index (χ0) is 13.7. The number of benzene rings is 1. The van der Waals surface area contributed by atoms with E-state index in [9.17, 15) is 9.18 Å². The predicted molar refractivity (Wildman–Crippen MR) is 73.3 cm³/mol. The Labute approximate surface area is 113 Å². The van der Waals surface area contributed by atoms with Crippen LogP contribution in [-0.4, -0.2) is 32.1 Å². The van der Waals surface area contributed by atoms with Crippen LogP contribution in [0, 0.1) is 5.82 Å². The van der Waals surface area contributed by atoms with Gasteiger partial charge < -0.3 is 9.64 Å². The van der Waals surface area contributed by atoms with E-state index in [0.29, 0.717) is 12.0 Å². The number of carbonyl (C=O) groups is 1. The number of hydrogen-bond donors (Lipinski definition) is 0. The molecule has 0 aromatic heterocycles. The average molecular weight is 265 g/mol. The number of aldehydes is 1. The van der Waals surface area contributed by atoms with Gasteiger partial charge in [0, 0.05) is 19.7 Å². The first-order chi connectivity index (χ1) is 9.26. The van der Waals surface area contributed by atoms with Crippen molar-refractivity contribution in [2.24, 2.45) is 0 Å². The van der Waals surface area contributed by atoms with Gasteiger partial charge in [0.25, 0.3) is 0 Å². The molecule has 1 aliphatic rings. The fraction of sp³-hybridized carbons (Fsp3) is 0.533. The summed E-state index contributed by atoms with van der Waals surface area (Å²) in [4.78, 5) is 13.1. The minimum absolute atomic E-state index is 0.152. The molecule has 19 heavy (non-hydrogen) atoms. The number of halogens is 1. The fourth-order valence-corrected chi connectivity index (χ4v) is 2.50. The molecule has 1 aliphatic heterocycles. The van der Waals surface area contributed by atoms with Gasteiger partial charge in [-0.05, 0) is 31.4 Å². The standard InChI is InChI=1S/C15H20FNO2/c1-2-9-19-12-5-4-8-17(10-12)15-7-3-6-14(16)13(15)11-18/h3,6-7,11-12H,2,4-5,8-10H2,1H3. The van der Waals surface area contributed by atoms with Crippen LogP contribution in [0.25, 0.3) is 0 Å². The molecule has 0 saturated carbocycles. The Bertz CT molecular complexity index is 436. The summed E-state index contributed by atoms with van der Waals surface area (Å²) in [6.45, 7) is 4.40. The van der Waals surface area contributed by atoms with Crippen LogP contribution in [0.3, 0.4) is 0 Å². The Hall–Kier alpha value is -1.42. The molecule has 0 N–H and O–H groups in total. The molecular weight excluding hydrogens is 245 g/mol. The van der Waals surface area contributed by atoms with E-state index in [1.165, 1.54) is 6.07 Å². The molecule has 3 nitrogen and oxygen atoms in total. The normalized spacial score (nSPS) is 19.5. The third kappa shape index (κ3) is 3.32. The SMILES string of the molecule is CCCOC1CCCN(c2cccc(F)c2C=O)C1. The van der Waals surface area contributed by atoms with Gasteiger partial charge in [-0.15, -0.1) is 0 Å². The Kier molecular flexibility index (Phi) is 4.91. The van der Waals surface area contributed by atoms with E-state index in [1.54, 1.807) is 12.1 Å². The molecule has 0 bridgehead atoms. The lowest BCUT2D eigenvalue weighted by molar-refractivity contribution is 0.0440. The maximum Gasteiger partial charge on any atom is 0.155 e. The van der Waals surface area contributed by atoms with E-state index in [1.807, 2.05) is 0 Å². The second-order valence-corrected chi connectivity index (χ2v) is 4.87. The van der Waals surface area contributed by atoms with Crippen molar-refractivity contribution < 1.29 is 13.9 Å². The quantitative estimate of drug-likeness (QED) is 0.766. The second-order valence-electron chi connectivity index (χ2n) is 4.87. The van der Waals surface area contributed by atoms with Crippen molar-refractivity contribution in [1.82, 2.24) is 0 Å². The molecule has 1 heterocycles. The first kappa shape index (κ1) is 14.0. The molecule has 4 heteroatoms. The summed E-state index contributed by atoms with van der Waals surface area (Å²) < 4.78 is 19.4. The average Bonchev–Trinajstić information content (AvgIpc) is 2.45. The van der Waals surface area contributed by atoms with Crippen LogP contribution in [0.15, 0.2) is 18.2 Å². The summed E-state index contributed by atoms with van der Waals surface area (Å²) in [5.74, 6) is -0.455. The number of anilines is 1. The zero-order valence-electron chi connectivity index (χ0n) is 11.3. The van der Waals surface area contributed by atoms with Gasteiger partial charge in [-0.1, -0.05) is 13.0 Å². The molecule has 1 saturated heterocycles. The summed E-state index contributed by atoms with van der Waals surface area (Å²) in [7, 11) is 0. The van der Waals surface area contributed by atoms with E-state index in [2.05, 4.69) is 11.8 Å². The van der Waals surface area contributed by atoms with Crippen LogP contribution in [0.2, 0.25) is 0 Å². The van der Waals surface area contributed by atoms with Gasteiger partial charge in [0.1, 0.15) is 5.82 Å². The van der Waals surface area contributed by atoms with Crippen molar-refractivity contribution in [3.05, 3.63) is 29.6 Å². The van der Waals surface area contributed by atoms with Gasteiger partial charge in [-0.2, -0.15) is 0 Å². The van der Waals surface area contributed by atoms with Gasteiger partial charge in [0.15, 0.2) is 6.29 Å². The van der Waals surface area contributed by atoms with Gasteiger partial charge in [0.05, 0.1) is 17.4 Å². The smallest absolute Gasteiger partial charge is 0.155 e. The molecule has 2 rings (SSSR count). The molecule has 0 radical (unpaired) electrons. The number of ether oxygens (including phenoxy) is 1. The number of nitrogens with zero attached hydrogens (tertiary/aromatic N) is 1. The summed E-state index contributed by atoms with van der Waals surface area (Å²) in [6, 6.07) is 4.77. The van der Waals surface area contributed by atoms with Gasteiger partial charge in [0.2, 0.25) is 0 Å². The Balaban J connectivity index is 2.13. The first-order valence-corrected chi connectivity index (χ1v) is 6.86. The lowest BCUT2D eigenvalue weighted by atomic mass is 10.1. The molecule has 1 fully saturated rings. The summed E-state index contributed by atoms with van der Waals surface area (Å²) in [5.41, 5.74) is 0.832. The number of hydrogen-bond acceptors (Lipinski definition) is 3. The van der Waals surface area contributed by atoms with Crippen LogP contribution in [0.4, 0.5) is 10.1 Å². The highest BCUT2D eigenvalue weighted by molar-refractivity contribution is 5.85. The van der Waals surface area contributed by atoms with E-state index in [0.717, 1.165) is 39.0 Å². The number of piperidine rings is 1. The largest absolute Gasteiger partial charge is 0.376 e. The minimum Gasteiger partial charge on any atom is -0.376 e. The Morgan fingerprint density at radius 2 is 2.37 bits per heavy atom. The third-order valence-electron chi connectivity index (χ3n) is 3.42. The van der Waals surface area contributed by atoms with Crippen molar-refractivity contribution in [3.63, 3.8) is 0 Å². The summed E-state index contributed by atoms with van der Waals surface area (Å²) >= 11 is 0. The van der Waals surface area contributed by atoms with Crippen LogP contribution >= 0.6 is 0 Å². The zero-order valence-corrected chi connectivity index (χ0v) is 11.3. The van der Waals surface area contributed by atoms with Crippen LogP contribution in [0.5, 0.6) is 0 Å². The maximum atomic E-state index is 13.6. The fourth-order valence-electron chi connectivity index (χ4n) is 2.50. The maximum absolute atomic E-state index is 13.6. The van der Waals surface area contributed by atoms with Crippen molar-refractivity contribution in [2.45, 2.75) is 32.3 Å². The van der Waals surface area contributed by atoms with Gasteiger partial charge >= 0.3 is 0 Å². The van der Waals surface area contributed by atoms with Crippen molar-refractivity contribution in [2.75, 3.05) is 24.6 Å². The predicted octanol–water partition coefficient (Wildman–Crippen LogP) is 3.03. The second kappa shape index (κ2) is 6.66. The van der Waals surface area contributed by atoms with Crippen molar-refractivity contribution in [3.8, 4) is 0 Å². The topological polar surface area (TPSA) is 29.5 Å². The van der Waals surface area contributed by atoms with Crippen LogP contribution < -0.4 is 4.90 Å². The van der Waals surface area contributed by atoms with E-state index >= 15 is 0 Å². The lowest BCUT2D eigenvalue weighted by Gasteiger charge is -2.35. The molecule has 1 atom stereocenters. The molecule has 1 aromatic carbocycles. The molecule has 0 aliphatic carbocycles. The minimum atomic E-state index is -0.455. The first-order valence-electron chi connectivity index (χ1n) is 6.86. The molecule has 104 valence electrons. The van der Waals surface area contributed by atoms with Gasteiger partial charge in [-0.25, -0.2) is 4.39 Å². The monoisotopic (exact) mass is 265 g/mol. The van der Waals surface area contributed by atoms with Crippen LogP contribution in [-0.2, 0) is 4.74 Å². The van der Waals surface area contributed by atoms with Crippen LogP contribution in [0.1, 0.15) is 36.5 Å². The summed E-state index contributed by atoms with van der Waals surface area (Å²) in [6.07, 6.45) is 3.80. The molecule has 0 spiro atoms. The molecular formula is C15H20FNO2. The Morgan fingerprint density at radius 3 is 3.11 bits per heavy atom. The number of carbonyl (C=O) groups excluding carboxylic acids is 1. The number of rotatable bonds is 5. The van der Waals surface area contributed by atoms with Crippen molar-refractivity contribution in [1.29, 1.82) is 0 Å². The third-order valence-corrected chi connectivity index (χ3v) is 3.42. The lowest BCUT2D eigenvalue weighted by Crippen LogP contribution is -2.40. The van der Waals surface area contributed by atoms with Crippen molar-refractivity contribution >= 4 is 12.0 Å². The molecule has 1 aromatic rings. The molecule has 1 unspecified atom stereocenters. The van der Waals surface area contributed by atoms with E-state index in [4.69, 9.17) is 4.74 Å². The highest BCUT2D eigenvalue weighted by Crippen LogP contribution is 2.25. The van der Waals surface area contributed by atoms with Gasteiger partial charge in [-0.3, -0.25) is 4.79 Å². The van der Waals surface area contributed by atoms with E-state index < -0.39 is 5.82 Å². The highest BCUT2D eigenvalue weighted by Gasteiger charge is 2.23. The molecule has 0 amide bonds. The summed E-state index contributed by atoms with van der Waals surface area (Å²) in [5, 5.41) is 0. The van der Waals surface area contributed by atoms with E-state index in [-0.39, 0.29) is 11.7 Å². The highest BCUT2D eigenvalue weighted by atomic mass is 19.1. The Morgan fingerprint density at radius 1 is 1.53 bits per heavy atom.